The molecule has 0 N–H and O–H groups in total. The summed E-state index contributed by atoms with van der Waals surface area (Å²) in [7, 11) is 0. The molecule has 242 valence electrons. The SMILES string of the molecule is c1ccc(-c2ccccc2-c2c3ccccc3c(-c3c(-c4ccc5ccccc5c4)cccc3-c3cccc4ccccc34)c3ccccc23)cc1. The highest BCUT2D eigenvalue weighted by atomic mass is 14.3. The molecule has 0 radical (unpaired) electrons. The van der Waals surface area contributed by atoms with Gasteiger partial charge in [-0.2, -0.15) is 0 Å². The van der Waals surface area contributed by atoms with Gasteiger partial charge in [0.25, 0.3) is 0 Å². The van der Waals surface area contributed by atoms with E-state index in [2.05, 4.69) is 206 Å². The Hall–Kier alpha value is -6.76. The number of rotatable bonds is 5. The smallest absolute Gasteiger partial charge is 0.00139 e. The molecule has 0 unspecified atom stereocenters. The summed E-state index contributed by atoms with van der Waals surface area (Å²) in [6.07, 6.45) is 0. The summed E-state index contributed by atoms with van der Waals surface area (Å²) in [4.78, 5) is 0. The number of benzene rings is 10. The summed E-state index contributed by atoms with van der Waals surface area (Å²) in [6.45, 7) is 0. The van der Waals surface area contributed by atoms with Crippen molar-refractivity contribution in [1.82, 2.24) is 0 Å². The largest absolute Gasteiger partial charge is 0.0622 e. The Labute approximate surface area is 303 Å². The van der Waals surface area contributed by atoms with Gasteiger partial charge < -0.3 is 0 Å². The lowest BCUT2D eigenvalue weighted by Gasteiger charge is -2.23. The van der Waals surface area contributed by atoms with Crippen LogP contribution in [0.2, 0.25) is 0 Å². The van der Waals surface area contributed by atoms with Crippen LogP contribution in [0.4, 0.5) is 0 Å². The average molecular weight is 659 g/mol. The highest BCUT2D eigenvalue weighted by molar-refractivity contribution is 6.25. The molecule has 10 aromatic carbocycles. The first kappa shape index (κ1) is 30.1. The number of fused-ring (bicyclic) bond motifs is 4. The second-order valence-corrected chi connectivity index (χ2v) is 13.6. The van der Waals surface area contributed by atoms with Gasteiger partial charge in [-0.15, -0.1) is 0 Å². The van der Waals surface area contributed by atoms with Gasteiger partial charge in [0.15, 0.2) is 0 Å². The average Bonchev–Trinajstić information content (AvgIpc) is 3.22. The van der Waals surface area contributed by atoms with Crippen molar-refractivity contribution in [2.45, 2.75) is 0 Å². The van der Waals surface area contributed by atoms with Crippen LogP contribution < -0.4 is 0 Å². The molecule has 0 heteroatoms. The Kier molecular flexibility index (Phi) is 7.25. The van der Waals surface area contributed by atoms with Crippen LogP contribution >= 0.6 is 0 Å². The summed E-state index contributed by atoms with van der Waals surface area (Å²) in [5.74, 6) is 0. The summed E-state index contributed by atoms with van der Waals surface area (Å²) < 4.78 is 0. The van der Waals surface area contributed by atoms with Crippen molar-refractivity contribution >= 4 is 43.1 Å². The van der Waals surface area contributed by atoms with Crippen LogP contribution in [-0.4, -0.2) is 0 Å². The molecule has 0 aliphatic carbocycles. The van der Waals surface area contributed by atoms with Crippen molar-refractivity contribution in [3.05, 3.63) is 206 Å². The Bertz CT molecular complexity index is 2890. The molecule has 0 fully saturated rings. The van der Waals surface area contributed by atoms with E-state index in [1.54, 1.807) is 0 Å². The molecule has 10 rings (SSSR count). The molecule has 0 spiro atoms. The fraction of sp³-hybridized carbons (Fsp3) is 0. The zero-order valence-corrected chi connectivity index (χ0v) is 28.6. The van der Waals surface area contributed by atoms with Gasteiger partial charge in [-0.3, -0.25) is 0 Å². The van der Waals surface area contributed by atoms with Gasteiger partial charge in [0, 0.05) is 0 Å². The van der Waals surface area contributed by atoms with Crippen LogP contribution in [0.1, 0.15) is 0 Å². The monoisotopic (exact) mass is 658 g/mol. The standard InChI is InChI=1S/C52H34/c1-2-17-36(18-3-1)41-23-8-9-24-44(41)50-46-25-10-12-27-48(46)52(49-28-13-11-26-47(49)50)51-42(39-33-32-35-16-4-5-20-38(35)34-39)29-15-31-45(51)43-30-14-21-37-19-6-7-22-40(37)43/h1-34H. The molecular formula is C52H34. The lowest BCUT2D eigenvalue weighted by molar-refractivity contribution is 1.59. The fourth-order valence-corrected chi connectivity index (χ4v) is 8.36. The molecule has 0 aliphatic heterocycles. The molecule has 0 saturated carbocycles. The van der Waals surface area contributed by atoms with E-state index in [0.717, 1.165) is 0 Å². The molecule has 52 heavy (non-hydrogen) atoms. The van der Waals surface area contributed by atoms with Gasteiger partial charge >= 0.3 is 0 Å². The van der Waals surface area contributed by atoms with Crippen LogP contribution in [0.3, 0.4) is 0 Å². The van der Waals surface area contributed by atoms with Gasteiger partial charge in [-0.1, -0.05) is 200 Å². The van der Waals surface area contributed by atoms with Crippen molar-refractivity contribution in [3.8, 4) is 55.6 Å². The lowest BCUT2D eigenvalue weighted by atomic mass is 9.79. The van der Waals surface area contributed by atoms with Crippen LogP contribution in [0.15, 0.2) is 206 Å². The van der Waals surface area contributed by atoms with Gasteiger partial charge in [0.2, 0.25) is 0 Å². The van der Waals surface area contributed by atoms with E-state index in [4.69, 9.17) is 0 Å². The number of hydrogen-bond donors (Lipinski definition) is 0. The lowest BCUT2D eigenvalue weighted by Crippen LogP contribution is -1.96. The zero-order chi connectivity index (χ0) is 34.4. The van der Waals surface area contributed by atoms with Crippen LogP contribution in [0, 0.1) is 0 Å². The van der Waals surface area contributed by atoms with E-state index < -0.39 is 0 Å². The molecule has 0 bridgehead atoms. The van der Waals surface area contributed by atoms with E-state index in [9.17, 15) is 0 Å². The maximum atomic E-state index is 2.36. The first-order chi connectivity index (χ1) is 25.8. The van der Waals surface area contributed by atoms with Gasteiger partial charge in [-0.05, 0) is 105 Å². The predicted molar refractivity (Wildman–Crippen MR) is 224 cm³/mol. The summed E-state index contributed by atoms with van der Waals surface area (Å²) >= 11 is 0. The van der Waals surface area contributed by atoms with Crippen molar-refractivity contribution < 1.29 is 0 Å². The van der Waals surface area contributed by atoms with E-state index in [-0.39, 0.29) is 0 Å². The fourth-order valence-electron chi connectivity index (χ4n) is 8.36. The van der Waals surface area contributed by atoms with Crippen molar-refractivity contribution in [1.29, 1.82) is 0 Å². The first-order valence-corrected chi connectivity index (χ1v) is 18.0. The quantitative estimate of drug-likeness (QED) is 0.161. The molecule has 0 amide bonds. The van der Waals surface area contributed by atoms with Gasteiger partial charge in [-0.25, -0.2) is 0 Å². The summed E-state index contributed by atoms with van der Waals surface area (Å²) in [5, 5.41) is 9.96. The Morgan fingerprint density at radius 2 is 0.673 bits per heavy atom. The molecule has 0 saturated heterocycles. The van der Waals surface area contributed by atoms with E-state index in [1.165, 1.54) is 98.7 Å². The Morgan fingerprint density at radius 1 is 0.192 bits per heavy atom. The second kappa shape index (κ2) is 12.5. The predicted octanol–water partition coefficient (Wildman–Crippen LogP) is 14.6. The topological polar surface area (TPSA) is 0 Å². The molecule has 0 atom stereocenters. The van der Waals surface area contributed by atoms with Gasteiger partial charge in [0.05, 0.1) is 0 Å². The Balaban J connectivity index is 1.36. The minimum absolute atomic E-state index is 1.21. The molecule has 10 aromatic rings. The van der Waals surface area contributed by atoms with E-state index >= 15 is 0 Å². The van der Waals surface area contributed by atoms with Crippen molar-refractivity contribution in [2.75, 3.05) is 0 Å². The zero-order valence-electron chi connectivity index (χ0n) is 28.6. The van der Waals surface area contributed by atoms with Crippen LogP contribution in [0.5, 0.6) is 0 Å². The minimum Gasteiger partial charge on any atom is -0.0622 e. The van der Waals surface area contributed by atoms with E-state index in [0.29, 0.717) is 0 Å². The molecule has 0 nitrogen and oxygen atoms in total. The third-order valence-electron chi connectivity index (χ3n) is 10.7. The molecule has 0 aliphatic rings. The highest BCUT2D eigenvalue weighted by Gasteiger charge is 2.23. The third kappa shape index (κ3) is 4.92. The molecular weight excluding hydrogens is 625 g/mol. The van der Waals surface area contributed by atoms with Crippen LogP contribution in [-0.2, 0) is 0 Å². The van der Waals surface area contributed by atoms with E-state index in [1.807, 2.05) is 0 Å². The normalized spacial score (nSPS) is 11.5. The second-order valence-electron chi connectivity index (χ2n) is 13.6. The maximum absolute atomic E-state index is 2.36. The van der Waals surface area contributed by atoms with Crippen molar-refractivity contribution in [3.63, 3.8) is 0 Å². The van der Waals surface area contributed by atoms with Crippen molar-refractivity contribution in [2.24, 2.45) is 0 Å². The van der Waals surface area contributed by atoms with Gasteiger partial charge in [0.1, 0.15) is 0 Å². The third-order valence-corrected chi connectivity index (χ3v) is 10.7. The molecule has 0 aromatic heterocycles. The highest BCUT2D eigenvalue weighted by Crippen LogP contribution is 2.51. The number of hydrogen-bond acceptors (Lipinski definition) is 0. The molecule has 0 heterocycles. The first-order valence-electron chi connectivity index (χ1n) is 18.0. The minimum atomic E-state index is 1.21. The van der Waals surface area contributed by atoms with Crippen LogP contribution in [0.25, 0.3) is 98.7 Å². The summed E-state index contributed by atoms with van der Waals surface area (Å²) in [5.41, 5.74) is 12.4. The summed E-state index contributed by atoms with van der Waals surface area (Å²) in [6, 6.07) is 75.7. The Morgan fingerprint density at radius 3 is 1.40 bits per heavy atom. The maximum Gasteiger partial charge on any atom is -0.00139 e.